The molecule has 3 unspecified atom stereocenters. The molecule has 0 radical (unpaired) electrons. The molecule has 0 bridgehead atoms. The lowest BCUT2D eigenvalue weighted by molar-refractivity contribution is -0.280. The summed E-state index contributed by atoms with van der Waals surface area (Å²) in [5.74, 6) is -1.18. The van der Waals surface area contributed by atoms with E-state index in [1.54, 1.807) is 0 Å². The third-order valence-electron chi connectivity index (χ3n) is 5.84. The number of aliphatic imine (C=N–C) groups is 3. The predicted octanol–water partition coefficient (Wildman–Crippen LogP) is -5.55. The summed E-state index contributed by atoms with van der Waals surface area (Å²) in [4.78, 5) is 44.0. The Hall–Kier alpha value is -1.78. The van der Waals surface area contributed by atoms with E-state index in [1.807, 2.05) is 0 Å². The fraction of sp³-hybridized carbons (Fsp3) is 0.750. The number of nitrogens with two attached hydrogens (primary N) is 1. The van der Waals surface area contributed by atoms with E-state index >= 15 is 0 Å². The standard InChI is InChI=1S/C16H25N5O16P2/c17-16-19-12-6(13(28)20-16)18-3-21(12)14-10(26)8(24)5(34-14)2-33-38(29,30)37-39(31,32)36-15-11(27)9(25)7(23)4(1-22)35-15/h3-11,14-15,22-27H,1-2H2,(H,29,30)(H,31,32)(H2,17,20,28)/t4-,5-,6?,7-,8-,9+,10-,11+,14-,15-/m1/s1. The first-order valence-corrected chi connectivity index (χ1v) is 13.9. The molecule has 21 nitrogen and oxygen atoms in total. The van der Waals surface area contributed by atoms with E-state index in [4.69, 9.17) is 20.3 Å². The molecule has 0 saturated carbocycles. The number of guanidine groups is 1. The highest BCUT2D eigenvalue weighted by Gasteiger charge is 2.51. The van der Waals surface area contributed by atoms with Crippen LogP contribution in [0.25, 0.3) is 0 Å². The van der Waals surface area contributed by atoms with Crippen LogP contribution in [-0.2, 0) is 36.8 Å². The van der Waals surface area contributed by atoms with Crippen molar-refractivity contribution < 1.29 is 77.2 Å². The number of aliphatic hydroxyl groups is 6. The molecule has 0 aromatic rings. The van der Waals surface area contributed by atoms with E-state index in [-0.39, 0.29) is 11.8 Å². The van der Waals surface area contributed by atoms with Gasteiger partial charge in [-0.3, -0.25) is 23.7 Å². The molecule has 39 heavy (non-hydrogen) atoms. The number of hydrogen-bond donors (Lipinski definition) is 9. The second kappa shape index (κ2) is 11.2. The Morgan fingerprint density at radius 1 is 0.949 bits per heavy atom. The average Bonchev–Trinajstić information content (AvgIpc) is 3.38. The number of fused-ring (bicyclic) bond motifs is 1. The normalized spacial score (nSPS) is 41.5. The van der Waals surface area contributed by atoms with Gasteiger partial charge in [0.25, 0.3) is 5.91 Å². The van der Waals surface area contributed by atoms with Crippen LogP contribution in [-0.4, -0.2) is 144 Å². The van der Waals surface area contributed by atoms with Gasteiger partial charge in [-0.25, -0.2) is 9.13 Å². The minimum Gasteiger partial charge on any atom is -0.394 e. The second-order valence-electron chi connectivity index (χ2n) is 8.52. The Labute approximate surface area is 217 Å². The first-order chi connectivity index (χ1) is 18.1. The summed E-state index contributed by atoms with van der Waals surface area (Å²) in [6, 6.07) is -1.16. The maximum Gasteiger partial charge on any atom is 0.483 e. The van der Waals surface area contributed by atoms with Crippen LogP contribution in [0.1, 0.15) is 0 Å². The molecule has 0 spiro atoms. The Balaban J connectivity index is 1.35. The molecule has 4 heterocycles. The van der Waals surface area contributed by atoms with Gasteiger partial charge in [-0.2, -0.15) is 14.3 Å². The quantitative estimate of drug-likeness (QED) is 0.111. The van der Waals surface area contributed by atoms with Crippen LogP contribution in [0.3, 0.4) is 0 Å². The molecule has 12 atom stereocenters. The Morgan fingerprint density at radius 2 is 1.62 bits per heavy atom. The molecule has 4 aliphatic rings. The number of rotatable bonds is 9. The number of nitrogens with zero attached hydrogens (tertiary/aromatic N) is 4. The van der Waals surface area contributed by atoms with Gasteiger partial charge in [0.15, 0.2) is 24.4 Å². The van der Waals surface area contributed by atoms with E-state index in [0.29, 0.717) is 0 Å². The van der Waals surface area contributed by atoms with Gasteiger partial charge in [-0.1, -0.05) is 0 Å². The zero-order chi connectivity index (χ0) is 28.9. The summed E-state index contributed by atoms with van der Waals surface area (Å²) in [7, 11) is -11.1. The van der Waals surface area contributed by atoms with Crippen LogP contribution in [0.15, 0.2) is 15.0 Å². The number of phosphoric acid groups is 2. The van der Waals surface area contributed by atoms with Crippen molar-refractivity contribution in [2.45, 2.75) is 61.3 Å². The van der Waals surface area contributed by atoms with Crippen molar-refractivity contribution in [2.24, 2.45) is 20.7 Å². The number of carbonyl (C=O) groups is 1. The highest BCUT2D eigenvalue weighted by Crippen LogP contribution is 2.61. The molecular weight excluding hydrogens is 580 g/mol. The molecule has 2 saturated heterocycles. The van der Waals surface area contributed by atoms with Crippen molar-refractivity contribution in [3.8, 4) is 0 Å². The predicted molar refractivity (Wildman–Crippen MR) is 120 cm³/mol. The fourth-order valence-corrected chi connectivity index (χ4v) is 6.09. The van der Waals surface area contributed by atoms with Crippen molar-refractivity contribution in [1.82, 2.24) is 4.90 Å². The van der Waals surface area contributed by atoms with Crippen molar-refractivity contribution in [3.05, 3.63) is 0 Å². The number of carbonyl (C=O) groups excluding carboxylic acids is 1. The maximum absolute atomic E-state index is 12.3. The summed E-state index contributed by atoms with van der Waals surface area (Å²) < 4.78 is 48.0. The number of amides is 1. The summed E-state index contributed by atoms with van der Waals surface area (Å²) in [5.41, 5.74) is 5.47. The highest BCUT2D eigenvalue weighted by atomic mass is 31.3. The molecule has 10 N–H and O–H groups in total. The molecule has 220 valence electrons. The third kappa shape index (κ3) is 6.27. The lowest BCUT2D eigenvalue weighted by atomic mass is 10.00. The molecule has 2 fully saturated rings. The highest BCUT2D eigenvalue weighted by molar-refractivity contribution is 7.61. The van der Waals surface area contributed by atoms with E-state index in [9.17, 15) is 49.2 Å². The van der Waals surface area contributed by atoms with Crippen molar-refractivity contribution in [3.63, 3.8) is 0 Å². The molecule has 4 aliphatic heterocycles. The second-order valence-corrected chi connectivity index (χ2v) is 11.5. The molecule has 0 aromatic heterocycles. The number of ether oxygens (including phenoxy) is 2. The number of aliphatic hydroxyl groups excluding tert-OH is 6. The van der Waals surface area contributed by atoms with Crippen LogP contribution in [0.5, 0.6) is 0 Å². The van der Waals surface area contributed by atoms with E-state index in [2.05, 4.69) is 28.3 Å². The zero-order valence-electron chi connectivity index (χ0n) is 19.4. The van der Waals surface area contributed by atoms with Gasteiger partial charge in [0.2, 0.25) is 5.96 Å². The summed E-state index contributed by atoms with van der Waals surface area (Å²) in [6.45, 7) is -1.89. The molecule has 0 aromatic carbocycles. The monoisotopic (exact) mass is 605 g/mol. The van der Waals surface area contributed by atoms with E-state index in [1.165, 1.54) is 0 Å². The van der Waals surface area contributed by atoms with Gasteiger partial charge < -0.3 is 55.6 Å². The lowest BCUT2D eigenvalue weighted by Gasteiger charge is -2.39. The topological polar surface area (TPSA) is 326 Å². The Morgan fingerprint density at radius 3 is 2.28 bits per heavy atom. The van der Waals surface area contributed by atoms with Gasteiger partial charge >= 0.3 is 15.6 Å². The van der Waals surface area contributed by atoms with Crippen molar-refractivity contribution in [2.75, 3.05) is 13.2 Å². The van der Waals surface area contributed by atoms with Gasteiger partial charge in [0, 0.05) is 0 Å². The Bertz CT molecular complexity index is 1150. The van der Waals surface area contributed by atoms with Crippen LogP contribution < -0.4 is 5.73 Å². The van der Waals surface area contributed by atoms with Crippen molar-refractivity contribution >= 4 is 39.7 Å². The first-order valence-electron chi connectivity index (χ1n) is 10.9. The number of hydrogen-bond acceptors (Lipinski definition) is 18. The smallest absolute Gasteiger partial charge is 0.394 e. The number of amidine groups is 1. The fourth-order valence-electron chi connectivity index (χ4n) is 3.93. The molecule has 1 amide bonds. The molecular formula is C16H25N5O16P2. The third-order valence-corrected chi connectivity index (χ3v) is 8.44. The minimum absolute atomic E-state index is 0.0620. The van der Waals surface area contributed by atoms with Crippen LogP contribution in [0, 0.1) is 0 Å². The van der Waals surface area contributed by atoms with Gasteiger partial charge in [0.05, 0.1) is 19.6 Å². The van der Waals surface area contributed by atoms with Gasteiger partial charge in [-0.05, 0) is 0 Å². The summed E-state index contributed by atoms with van der Waals surface area (Å²) in [5, 5.41) is 59.2. The SMILES string of the molecule is NC1=NC(=O)C2N=CN([C@@H]3O[C@H](COP(=O)(O)OP(=O)(O)O[C@H]4O[C@H](CO)[C@@H](O)[C@H](O)[C@@H]4O)[C@@H](O)[C@H]3O)C2=N1. The molecule has 0 aliphatic carbocycles. The summed E-state index contributed by atoms with van der Waals surface area (Å²) >= 11 is 0. The van der Waals surface area contributed by atoms with Crippen LogP contribution >= 0.6 is 15.6 Å². The Kier molecular flexibility index (Phi) is 8.70. The maximum atomic E-state index is 12.3. The average molecular weight is 605 g/mol. The summed E-state index contributed by atoms with van der Waals surface area (Å²) in [6.07, 6.45) is -15.0. The van der Waals surface area contributed by atoms with Crippen LogP contribution in [0.4, 0.5) is 0 Å². The van der Waals surface area contributed by atoms with E-state index in [0.717, 1.165) is 11.2 Å². The molecule has 4 rings (SSSR count). The zero-order valence-corrected chi connectivity index (χ0v) is 21.2. The van der Waals surface area contributed by atoms with Gasteiger partial charge in [-0.15, -0.1) is 0 Å². The van der Waals surface area contributed by atoms with Crippen LogP contribution in [0.2, 0.25) is 0 Å². The molecule has 23 heteroatoms. The lowest BCUT2D eigenvalue weighted by Crippen LogP contribution is -2.58. The largest absolute Gasteiger partial charge is 0.483 e. The number of phosphoric ester groups is 2. The van der Waals surface area contributed by atoms with Gasteiger partial charge in [0.1, 0.15) is 42.7 Å². The van der Waals surface area contributed by atoms with Crippen molar-refractivity contribution in [1.29, 1.82) is 0 Å². The van der Waals surface area contributed by atoms with E-state index < -0.39 is 96.1 Å². The first kappa shape index (κ1) is 30.2. The minimum atomic E-state index is -5.60.